The van der Waals surface area contributed by atoms with E-state index in [0.717, 1.165) is 18.7 Å². The van der Waals surface area contributed by atoms with Crippen LogP contribution in [0.4, 0.5) is 11.4 Å². The number of thiophene rings is 1. The second-order valence-electron chi connectivity index (χ2n) is 4.39. The highest BCUT2D eigenvalue weighted by Gasteiger charge is 2.14. The summed E-state index contributed by atoms with van der Waals surface area (Å²) in [5, 5.41) is 4.98. The molecule has 0 aliphatic rings. The Hall–Kier alpha value is -1.57. The van der Waals surface area contributed by atoms with Gasteiger partial charge in [-0.15, -0.1) is 11.3 Å². The molecular weight excluding hydrogens is 308 g/mol. The Balaban J connectivity index is 1.93. The van der Waals surface area contributed by atoms with Crippen LogP contribution in [-0.4, -0.2) is 28.7 Å². The van der Waals surface area contributed by atoms with E-state index in [2.05, 4.69) is 10.0 Å². The lowest BCUT2D eigenvalue weighted by Crippen LogP contribution is -2.11. The first-order chi connectivity index (χ1) is 10.1. The maximum Gasteiger partial charge on any atom is 0.271 e. The Morgan fingerprint density at radius 1 is 1.14 bits per heavy atom. The highest BCUT2D eigenvalue weighted by Crippen LogP contribution is 2.21. The summed E-state index contributed by atoms with van der Waals surface area (Å²) in [6.45, 7) is 1.53. The molecule has 0 amide bonds. The van der Waals surface area contributed by atoms with Crippen LogP contribution >= 0.6 is 11.3 Å². The Morgan fingerprint density at radius 3 is 2.48 bits per heavy atom. The minimum absolute atomic E-state index is 0.310. The molecule has 0 saturated heterocycles. The van der Waals surface area contributed by atoms with E-state index in [1.54, 1.807) is 36.8 Å². The van der Waals surface area contributed by atoms with Crippen LogP contribution in [0.2, 0.25) is 0 Å². The molecule has 2 N–H and O–H groups in total. The molecule has 0 atom stereocenters. The third-order valence-corrected chi connectivity index (χ3v) is 5.53. The normalized spacial score (nSPS) is 11.3. The molecule has 114 valence electrons. The Labute approximate surface area is 129 Å². The minimum Gasteiger partial charge on any atom is -0.385 e. The number of ether oxygens (including phenoxy) is 1. The lowest BCUT2D eigenvalue weighted by atomic mass is 10.3. The van der Waals surface area contributed by atoms with Gasteiger partial charge in [-0.25, -0.2) is 8.42 Å². The average Bonchev–Trinajstić information content (AvgIpc) is 3.00. The maximum atomic E-state index is 12.1. The molecule has 0 unspecified atom stereocenters. The number of anilines is 2. The lowest BCUT2D eigenvalue weighted by molar-refractivity contribution is 0.198. The first-order valence-corrected chi connectivity index (χ1v) is 8.87. The van der Waals surface area contributed by atoms with Crippen molar-refractivity contribution >= 4 is 32.7 Å². The predicted molar refractivity (Wildman–Crippen MR) is 86.6 cm³/mol. The van der Waals surface area contributed by atoms with Gasteiger partial charge in [-0.05, 0) is 42.1 Å². The van der Waals surface area contributed by atoms with E-state index in [9.17, 15) is 8.42 Å². The summed E-state index contributed by atoms with van der Waals surface area (Å²) in [6, 6.07) is 10.5. The molecule has 0 bridgehead atoms. The SMILES string of the molecule is COCCCNc1ccc(NS(=O)(=O)c2cccs2)cc1. The summed E-state index contributed by atoms with van der Waals surface area (Å²) >= 11 is 1.19. The van der Waals surface area contributed by atoms with Crippen molar-refractivity contribution < 1.29 is 13.2 Å². The van der Waals surface area contributed by atoms with E-state index < -0.39 is 10.0 Å². The Morgan fingerprint density at radius 2 is 1.86 bits per heavy atom. The number of nitrogens with one attached hydrogen (secondary N) is 2. The first kappa shape index (κ1) is 15.8. The first-order valence-electron chi connectivity index (χ1n) is 6.51. The molecule has 0 aliphatic heterocycles. The molecule has 21 heavy (non-hydrogen) atoms. The van der Waals surface area contributed by atoms with Gasteiger partial charge in [-0.2, -0.15) is 0 Å². The zero-order valence-corrected chi connectivity index (χ0v) is 13.3. The monoisotopic (exact) mass is 326 g/mol. The summed E-state index contributed by atoms with van der Waals surface area (Å²) in [4.78, 5) is 0. The van der Waals surface area contributed by atoms with Crippen molar-refractivity contribution in [2.45, 2.75) is 10.6 Å². The van der Waals surface area contributed by atoms with Gasteiger partial charge in [-0.3, -0.25) is 4.72 Å². The summed E-state index contributed by atoms with van der Waals surface area (Å²) in [7, 11) is -1.80. The van der Waals surface area contributed by atoms with E-state index in [-0.39, 0.29) is 0 Å². The molecule has 0 saturated carbocycles. The summed E-state index contributed by atoms with van der Waals surface area (Å²) in [5.41, 5.74) is 1.50. The number of benzene rings is 1. The molecule has 5 nitrogen and oxygen atoms in total. The third kappa shape index (κ3) is 4.73. The smallest absolute Gasteiger partial charge is 0.271 e. The predicted octanol–water partition coefficient (Wildman–Crippen LogP) is 3.00. The lowest BCUT2D eigenvalue weighted by Gasteiger charge is -2.09. The fourth-order valence-electron chi connectivity index (χ4n) is 1.73. The number of hydrogen-bond donors (Lipinski definition) is 2. The van der Waals surface area contributed by atoms with Crippen LogP contribution in [0.15, 0.2) is 46.0 Å². The highest BCUT2D eigenvalue weighted by molar-refractivity contribution is 7.94. The molecular formula is C14H18N2O3S2. The zero-order chi connectivity index (χ0) is 15.1. The molecule has 1 aromatic carbocycles. The van der Waals surface area contributed by atoms with Crippen molar-refractivity contribution in [3.8, 4) is 0 Å². The van der Waals surface area contributed by atoms with E-state index in [4.69, 9.17) is 4.74 Å². The summed E-state index contributed by atoms with van der Waals surface area (Å²) in [6.07, 6.45) is 0.920. The van der Waals surface area contributed by atoms with E-state index in [0.29, 0.717) is 16.5 Å². The second kappa shape index (κ2) is 7.44. The molecule has 2 aromatic rings. The fourth-order valence-corrected chi connectivity index (χ4v) is 3.78. The topological polar surface area (TPSA) is 67.4 Å². The van der Waals surface area contributed by atoms with Gasteiger partial charge in [0.2, 0.25) is 0 Å². The van der Waals surface area contributed by atoms with Gasteiger partial charge in [0.25, 0.3) is 10.0 Å². The number of rotatable bonds is 8. The molecule has 0 fully saturated rings. The number of methoxy groups -OCH3 is 1. The van der Waals surface area contributed by atoms with Gasteiger partial charge in [-0.1, -0.05) is 6.07 Å². The summed E-state index contributed by atoms with van der Waals surface area (Å²) < 4.78 is 32.0. The molecule has 0 aliphatic carbocycles. The quantitative estimate of drug-likeness (QED) is 0.732. The van der Waals surface area contributed by atoms with Gasteiger partial charge < -0.3 is 10.1 Å². The van der Waals surface area contributed by atoms with Crippen LogP contribution in [0.3, 0.4) is 0 Å². The Kier molecular flexibility index (Phi) is 5.60. The van der Waals surface area contributed by atoms with Gasteiger partial charge in [0.1, 0.15) is 4.21 Å². The van der Waals surface area contributed by atoms with Crippen LogP contribution in [-0.2, 0) is 14.8 Å². The van der Waals surface area contributed by atoms with Crippen molar-refractivity contribution in [1.29, 1.82) is 0 Å². The van der Waals surface area contributed by atoms with Crippen LogP contribution in [0, 0.1) is 0 Å². The molecule has 0 radical (unpaired) electrons. The van der Waals surface area contributed by atoms with Crippen LogP contribution in [0.1, 0.15) is 6.42 Å². The second-order valence-corrected chi connectivity index (χ2v) is 7.25. The maximum absolute atomic E-state index is 12.1. The van der Waals surface area contributed by atoms with Gasteiger partial charge in [0.15, 0.2) is 0 Å². The Bertz CT molecular complexity index is 637. The van der Waals surface area contributed by atoms with E-state index in [1.807, 2.05) is 12.1 Å². The summed E-state index contributed by atoms with van der Waals surface area (Å²) in [5.74, 6) is 0. The van der Waals surface area contributed by atoms with E-state index in [1.165, 1.54) is 11.3 Å². The van der Waals surface area contributed by atoms with Crippen LogP contribution < -0.4 is 10.0 Å². The van der Waals surface area contributed by atoms with Gasteiger partial charge >= 0.3 is 0 Å². The molecule has 7 heteroatoms. The molecule has 1 aromatic heterocycles. The highest BCUT2D eigenvalue weighted by atomic mass is 32.2. The largest absolute Gasteiger partial charge is 0.385 e. The molecule has 2 rings (SSSR count). The third-order valence-electron chi connectivity index (χ3n) is 2.75. The van der Waals surface area contributed by atoms with Crippen LogP contribution in [0.5, 0.6) is 0 Å². The zero-order valence-electron chi connectivity index (χ0n) is 11.7. The van der Waals surface area contributed by atoms with Crippen molar-refractivity contribution in [2.24, 2.45) is 0 Å². The van der Waals surface area contributed by atoms with E-state index >= 15 is 0 Å². The van der Waals surface area contributed by atoms with Crippen molar-refractivity contribution in [1.82, 2.24) is 0 Å². The van der Waals surface area contributed by atoms with Gasteiger partial charge in [0.05, 0.1) is 0 Å². The van der Waals surface area contributed by atoms with Crippen LogP contribution in [0.25, 0.3) is 0 Å². The number of sulfonamides is 1. The minimum atomic E-state index is -3.48. The standard InChI is InChI=1S/C14H18N2O3S2/c1-19-10-3-9-15-12-5-7-13(8-6-12)16-21(17,18)14-4-2-11-20-14/h2,4-8,11,15-16H,3,9-10H2,1H3. The van der Waals surface area contributed by atoms with Crippen molar-refractivity contribution in [2.75, 3.05) is 30.3 Å². The van der Waals surface area contributed by atoms with Crippen molar-refractivity contribution in [3.63, 3.8) is 0 Å². The molecule has 0 spiro atoms. The average molecular weight is 326 g/mol. The van der Waals surface area contributed by atoms with Crippen molar-refractivity contribution in [3.05, 3.63) is 41.8 Å². The number of hydrogen-bond acceptors (Lipinski definition) is 5. The fraction of sp³-hybridized carbons (Fsp3) is 0.286. The molecule has 1 heterocycles. The van der Waals surface area contributed by atoms with Gasteiger partial charge in [0, 0.05) is 31.6 Å².